The maximum absolute atomic E-state index is 13.4. The van der Waals surface area contributed by atoms with Crippen molar-refractivity contribution < 1.29 is 18.0 Å². The molecule has 2 aromatic rings. The molecule has 2 amide bonds. The number of anilines is 1. The molecule has 0 spiro atoms. The van der Waals surface area contributed by atoms with Crippen molar-refractivity contribution >= 4 is 39.1 Å². The molecule has 7 nitrogen and oxygen atoms in total. The van der Waals surface area contributed by atoms with Crippen LogP contribution in [0.4, 0.5) is 5.69 Å². The summed E-state index contributed by atoms with van der Waals surface area (Å²) in [5.74, 6) is -0.412. The molecule has 0 aliphatic heterocycles. The number of rotatable bonds is 11. The van der Waals surface area contributed by atoms with E-state index in [1.807, 2.05) is 58.0 Å². The first-order chi connectivity index (χ1) is 16.3. The Balaban J connectivity index is 2.21. The Bertz CT molecular complexity index is 1100. The van der Waals surface area contributed by atoms with Gasteiger partial charge in [-0.25, -0.2) is 8.42 Å². The Kier molecular flexibility index (Phi) is 10.2. The summed E-state index contributed by atoms with van der Waals surface area (Å²) in [4.78, 5) is 28.0. The van der Waals surface area contributed by atoms with Crippen molar-refractivity contribution in [1.29, 1.82) is 0 Å². The minimum atomic E-state index is -3.57. The van der Waals surface area contributed by atoms with Crippen LogP contribution < -0.4 is 9.62 Å². The standard InChI is InChI=1S/C26H36ClN3O4S/c1-6-23(25(32)28-26(2,3)4)29(19-20-12-8-7-9-13-20)24(31)16-11-17-30(35(5,33)34)22-15-10-14-21(27)18-22/h7-10,12-15,18,23H,6,11,16-17,19H2,1-5H3,(H,28,32). The average Bonchev–Trinajstić information content (AvgIpc) is 2.75. The van der Waals surface area contributed by atoms with Crippen LogP contribution in [0.1, 0.15) is 52.5 Å². The zero-order valence-electron chi connectivity index (χ0n) is 21.1. The lowest BCUT2D eigenvalue weighted by molar-refractivity contribution is -0.142. The van der Waals surface area contributed by atoms with Gasteiger partial charge >= 0.3 is 0 Å². The van der Waals surface area contributed by atoms with Gasteiger partial charge in [-0.2, -0.15) is 0 Å². The number of nitrogens with one attached hydrogen (secondary N) is 1. The van der Waals surface area contributed by atoms with E-state index >= 15 is 0 Å². The van der Waals surface area contributed by atoms with Crippen LogP contribution in [0.3, 0.4) is 0 Å². The van der Waals surface area contributed by atoms with Crippen LogP contribution in [0, 0.1) is 0 Å². The van der Waals surface area contributed by atoms with Gasteiger partial charge in [-0.1, -0.05) is 54.9 Å². The number of hydrogen-bond acceptors (Lipinski definition) is 4. The predicted octanol–water partition coefficient (Wildman–Crippen LogP) is 4.61. The number of sulfonamides is 1. The van der Waals surface area contributed by atoms with Gasteiger partial charge in [0.15, 0.2) is 0 Å². The molecule has 0 aromatic heterocycles. The molecule has 0 aliphatic carbocycles. The largest absolute Gasteiger partial charge is 0.350 e. The predicted molar refractivity (Wildman–Crippen MR) is 142 cm³/mol. The number of carbonyl (C=O) groups excluding carboxylic acids is 2. The molecule has 192 valence electrons. The van der Waals surface area contributed by atoms with Crippen LogP contribution in [0.2, 0.25) is 5.02 Å². The first kappa shape index (κ1) is 28.7. The molecule has 0 heterocycles. The zero-order chi connectivity index (χ0) is 26.2. The summed E-state index contributed by atoms with van der Waals surface area (Å²) in [6.45, 7) is 7.99. The van der Waals surface area contributed by atoms with Crippen molar-refractivity contribution in [3.05, 3.63) is 65.2 Å². The highest BCUT2D eigenvalue weighted by atomic mass is 35.5. The Hall–Kier alpha value is -2.58. The summed E-state index contributed by atoms with van der Waals surface area (Å²) in [5, 5.41) is 3.41. The Morgan fingerprint density at radius 2 is 1.71 bits per heavy atom. The monoisotopic (exact) mass is 521 g/mol. The molecule has 0 saturated carbocycles. The molecule has 1 unspecified atom stereocenters. The lowest BCUT2D eigenvalue weighted by atomic mass is 10.0. The highest BCUT2D eigenvalue weighted by molar-refractivity contribution is 7.92. The molecule has 1 N–H and O–H groups in total. The van der Waals surface area contributed by atoms with Crippen molar-refractivity contribution in [2.45, 2.75) is 65.1 Å². The molecule has 0 aliphatic rings. The maximum atomic E-state index is 13.4. The number of nitrogens with zero attached hydrogens (tertiary/aromatic N) is 2. The van der Waals surface area contributed by atoms with Gasteiger partial charge in [0.05, 0.1) is 11.9 Å². The van der Waals surface area contributed by atoms with E-state index in [4.69, 9.17) is 11.6 Å². The maximum Gasteiger partial charge on any atom is 0.243 e. The summed E-state index contributed by atoms with van der Waals surface area (Å²) in [6, 6.07) is 15.5. The van der Waals surface area contributed by atoms with E-state index in [-0.39, 0.29) is 24.8 Å². The molecule has 2 rings (SSSR count). The highest BCUT2D eigenvalue weighted by Crippen LogP contribution is 2.23. The van der Waals surface area contributed by atoms with E-state index in [9.17, 15) is 18.0 Å². The normalized spacial score (nSPS) is 12.6. The molecule has 0 saturated heterocycles. The van der Waals surface area contributed by atoms with Gasteiger partial charge in [0.25, 0.3) is 0 Å². The third kappa shape index (κ3) is 9.18. The van der Waals surface area contributed by atoms with Gasteiger partial charge in [-0.15, -0.1) is 0 Å². The SMILES string of the molecule is CCC(C(=O)NC(C)(C)C)N(Cc1ccccc1)C(=O)CCCN(c1cccc(Cl)c1)S(C)(=O)=O. The van der Waals surface area contributed by atoms with Crippen LogP contribution in [-0.2, 0) is 26.2 Å². The topological polar surface area (TPSA) is 86.8 Å². The van der Waals surface area contributed by atoms with Crippen molar-refractivity contribution in [1.82, 2.24) is 10.2 Å². The summed E-state index contributed by atoms with van der Waals surface area (Å²) in [6.07, 6.45) is 1.97. The molecule has 0 fully saturated rings. The minimum absolute atomic E-state index is 0.0959. The highest BCUT2D eigenvalue weighted by Gasteiger charge is 2.30. The zero-order valence-corrected chi connectivity index (χ0v) is 22.7. The van der Waals surface area contributed by atoms with E-state index in [0.29, 0.717) is 30.1 Å². The lowest BCUT2D eigenvalue weighted by Crippen LogP contribution is -2.53. The molecule has 0 bridgehead atoms. The Morgan fingerprint density at radius 1 is 1.06 bits per heavy atom. The van der Waals surface area contributed by atoms with Gasteiger partial charge in [0.2, 0.25) is 21.8 Å². The fraction of sp³-hybridized carbons (Fsp3) is 0.462. The first-order valence-corrected chi connectivity index (χ1v) is 13.9. The van der Waals surface area contributed by atoms with Crippen LogP contribution >= 0.6 is 11.6 Å². The van der Waals surface area contributed by atoms with Gasteiger partial charge in [-0.3, -0.25) is 13.9 Å². The van der Waals surface area contributed by atoms with Crippen molar-refractivity contribution in [3.8, 4) is 0 Å². The third-order valence-electron chi connectivity index (χ3n) is 5.33. The van der Waals surface area contributed by atoms with Gasteiger partial charge in [0.1, 0.15) is 6.04 Å². The fourth-order valence-electron chi connectivity index (χ4n) is 3.79. The second-order valence-corrected chi connectivity index (χ2v) is 11.9. The van der Waals surface area contributed by atoms with Gasteiger partial charge in [0, 0.05) is 30.1 Å². The van der Waals surface area contributed by atoms with E-state index in [0.717, 1.165) is 11.8 Å². The number of halogens is 1. The summed E-state index contributed by atoms with van der Waals surface area (Å²) >= 11 is 6.05. The molecule has 9 heteroatoms. The van der Waals surface area contributed by atoms with Crippen LogP contribution in [0.25, 0.3) is 0 Å². The smallest absolute Gasteiger partial charge is 0.243 e. The van der Waals surface area contributed by atoms with Crippen LogP contribution in [0.15, 0.2) is 54.6 Å². The molecule has 0 radical (unpaired) electrons. The van der Waals surface area contributed by atoms with Crippen molar-refractivity contribution in [3.63, 3.8) is 0 Å². The Morgan fingerprint density at radius 3 is 2.26 bits per heavy atom. The third-order valence-corrected chi connectivity index (χ3v) is 6.76. The molecular weight excluding hydrogens is 486 g/mol. The van der Waals surface area contributed by atoms with E-state index in [1.165, 1.54) is 4.31 Å². The molecular formula is C26H36ClN3O4S. The van der Waals surface area contributed by atoms with E-state index in [2.05, 4.69) is 5.32 Å². The summed E-state index contributed by atoms with van der Waals surface area (Å²) < 4.78 is 26.1. The second-order valence-electron chi connectivity index (χ2n) is 9.59. The van der Waals surface area contributed by atoms with E-state index < -0.39 is 21.6 Å². The Labute approximate surface area is 214 Å². The second kappa shape index (κ2) is 12.4. The number of amides is 2. The number of carbonyl (C=O) groups is 2. The van der Waals surface area contributed by atoms with E-state index in [1.54, 1.807) is 29.2 Å². The average molecular weight is 522 g/mol. The van der Waals surface area contributed by atoms with Crippen molar-refractivity contribution in [2.75, 3.05) is 17.1 Å². The quantitative estimate of drug-likeness (QED) is 0.468. The first-order valence-electron chi connectivity index (χ1n) is 11.7. The minimum Gasteiger partial charge on any atom is -0.350 e. The van der Waals surface area contributed by atoms with Gasteiger partial charge < -0.3 is 10.2 Å². The van der Waals surface area contributed by atoms with Gasteiger partial charge in [-0.05, 0) is 57.4 Å². The molecule has 2 aromatic carbocycles. The number of hydrogen-bond donors (Lipinski definition) is 1. The molecule has 1 atom stereocenters. The van der Waals surface area contributed by atoms with Crippen LogP contribution in [0.5, 0.6) is 0 Å². The number of benzene rings is 2. The summed E-state index contributed by atoms with van der Waals surface area (Å²) in [7, 11) is -3.57. The lowest BCUT2D eigenvalue weighted by Gasteiger charge is -2.33. The molecule has 35 heavy (non-hydrogen) atoms. The summed E-state index contributed by atoms with van der Waals surface area (Å²) in [5.41, 5.74) is 0.933. The fourth-order valence-corrected chi connectivity index (χ4v) is 4.93. The van der Waals surface area contributed by atoms with Crippen LogP contribution in [-0.4, -0.2) is 49.5 Å². The van der Waals surface area contributed by atoms with Crippen molar-refractivity contribution in [2.24, 2.45) is 0 Å².